The summed E-state index contributed by atoms with van der Waals surface area (Å²) in [6.45, 7) is 0. The summed E-state index contributed by atoms with van der Waals surface area (Å²) < 4.78 is 0.637. The number of rotatable bonds is 1. The van der Waals surface area contributed by atoms with E-state index in [0.29, 0.717) is 20.3 Å². The van der Waals surface area contributed by atoms with Gasteiger partial charge in [0.25, 0.3) is 0 Å². The van der Waals surface area contributed by atoms with E-state index in [1.54, 1.807) is 24.3 Å². The lowest BCUT2D eigenvalue weighted by atomic mass is 10.2. The van der Waals surface area contributed by atoms with Gasteiger partial charge >= 0.3 is 0 Å². The number of hydrogen-bond acceptors (Lipinski definition) is 2. The predicted molar refractivity (Wildman–Crippen MR) is 80.9 cm³/mol. The molecule has 2 N–H and O–H groups in total. The quantitative estimate of drug-likeness (QED) is 0.643. The normalized spacial score (nSPS) is 11.1. The zero-order chi connectivity index (χ0) is 13.6. The fourth-order valence-electron chi connectivity index (χ4n) is 1.80. The van der Waals surface area contributed by atoms with Crippen LogP contribution < -0.4 is 0 Å². The van der Waals surface area contributed by atoms with Gasteiger partial charge in [-0.15, -0.1) is 0 Å². The molecular weight excluding hydrogens is 351 g/mol. The van der Waals surface area contributed by atoms with E-state index < -0.39 is 0 Å². The minimum Gasteiger partial charge on any atom is -0.507 e. The number of fused-ring (bicyclic) bond motifs is 1. The largest absolute Gasteiger partial charge is 0.507 e. The van der Waals surface area contributed by atoms with Crippen molar-refractivity contribution >= 4 is 50.2 Å². The molecule has 0 spiro atoms. The standard InChI is InChI=1S/C13H7BrCl2N2O/c14-7-2-1-6(3-12(7)19)13-17-10-4-8(15)9(16)5-11(10)18-13/h1-5,19H,(H,17,18). The van der Waals surface area contributed by atoms with Crippen LogP contribution in [0.25, 0.3) is 22.4 Å². The Morgan fingerprint density at radius 3 is 2.58 bits per heavy atom. The number of phenols is 1. The number of benzene rings is 2. The van der Waals surface area contributed by atoms with E-state index in [-0.39, 0.29) is 5.75 Å². The lowest BCUT2D eigenvalue weighted by Crippen LogP contribution is -1.80. The number of hydrogen-bond donors (Lipinski definition) is 2. The lowest BCUT2D eigenvalue weighted by Gasteiger charge is -1.99. The molecule has 0 aliphatic rings. The van der Waals surface area contributed by atoms with E-state index in [1.807, 2.05) is 6.07 Å². The van der Waals surface area contributed by atoms with Gasteiger partial charge in [0.1, 0.15) is 11.6 Å². The molecular formula is C13H7BrCl2N2O. The number of aromatic nitrogens is 2. The zero-order valence-electron chi connectivity index (χ0n) is 9.42. The molecule has 0 fully saturated rings. The molecule has 0 saturated carbocycles. The Morgan fingerprint density at radius 1 is 1.11 bits per heavy atom. The third kappa shape index (κ3) is 2.31. The molecule has 0 amide bonds. The highest BCUT2D eigenvalue weighted by atomic mass is 79.9. The molecule has 0 unspecified atom stereocenters. The molecule has 0 atom stereocenters. The monoisotopic (exact) mass is 356 g/mol. The third-order valence-electron chi connectivity index (χ3n) is 2.74. The van der Waals surface area contributed by atoms with Crippen molar-refractivity contribution in [2.45, 2.75) is 0 Å². The third-order valence-corrected chi connectivity index (χ3v) is 4.14. The minimum atomic E-state index is 0.161. The van der Waals surface area contributed by atoms with E-state index >= 15 is 0 Å². The smallest absolute Gasteiger partial charge is 0.138 e. The number of imidazole rings is 1. The highest BCUT2D eigenvalue weighted by molar-refractivity contribution is 9.10. The summed E-state index contributed by atoms with van der Waals surface area (Å²) in [5, 5.41) is 10.6. The first-order valence-electron chi connectivity index (χ1n) is 5.38. The van der Waals surface area contributed by atoms with Crippen LogP contribution in [0.1, 0.15) is 0 Å². The molecule has 0 radical (unpaired) electrons. The number of H-pyrrole nitrogens is 1. The Balaban J connectivity index is 2.17. The summed E-state index contributed by atoms with van der Waals surface area (Å²) in [7, 11) is 0. The average Bonchev–Trinajstić information content (AvgIpc) is 2.76. The highest BCUT2D eigenvalue weighted by Crippen LogP contribution is 2.31. The molecule has 3 aromatic rings. The van der Waals surface area contributed by atoms with Crippen LogP contribution in [-0.2, 0) is 0 Å². The molecule has 1 heterocycles. The molecule has 0 saturated heterocycles. The molecule has 19 heavy (non-hydrogen) atoms. The number of halogens is 3. The SMILES string of the molecule is Oc1cc(-c2nc3cc(Cl)c(Cl)cc3[nH]2)ccc1Br. The first-order valence-corrected chi connectivity index (χ1v) is 6.93. The van der Waals surface area contributed by atoms with Gasteiger partial charge in [0.2, 0.25) is 0 Å². The van der Waals surface area contributed by atoms with Crippen molar-refractivity contribution in [1.29, 1.82) is 0 Å². The van der Waals surface area contributed by atoms with Gasteiger partial charge in [-0.05, 0) is 46.3 Å². The van der Waals surface area contributed by atoms with E-state index in [1.165, 1.54) is 0 Å². The van der Waals surface area contributed by atoms with Crippen molar-refractivity contribution in [3.8, 4) is 17.1 Å². The summed E-state index contributed by atoms with van der Waals surface area (Å²) in [5.74, 6) is 0.810. The van der Waals surface area contributed by atoms with Gasteiger partial charge in [-0.1, -0.05) is 23.2 Å². The minimum absolute atomic E-state index is 0.161. The Morgan fingerprint density at radius 2 is 1.84 bits per heavy atom. The second kappa shape index (κ2) is 4.71. The van der Waals surface area contributed by atoms with Crippen molar-refractivity contribution in [3.05, 3.63) is 44.8 Å². The molecule has 96 valence electrons. The molecule has 0 aliphatic heterocycles. The lowest BCUT2D eigenvalue weighted by molar-refractivity contribution is 0.472. The Labute approximate surface area is 127 Å². The van der Waals surface area contributed by atoms with Crippen molar-refractivity contribution in [3.63, 3.8) is 0 Å². The van der Waals surface area contributed by atoms with Gasteiger partial charge in [-0.2, -0.15) is 0 Å². The zero-order valence-corrected chi connectivity index (χ0v) is 12.5. The molecule has 1 aromatic heterocycles. The van der Waals surface area contributed by atoms with Crippen LogP contribution >= 0.6 is 39.1 Å². The molecule has 2 aromatic carbocycles. The average molecular weight is 358 g/mol. The Kier molecular flexibility index (Phi) is 3.17. The fraction of sp³-hybridized carbons (Fsp3) is 0. The van der Waals surface area contributed by atoms with Gasteiger partial charge < -0.3 is 10.1 Å². The van der Waals surface area contributed by atoms with Crippen LogP contribution in [0.5, 0.6) is 5.75 Å². The summed E-state index contributed by atoms with van der Waals surface area (Å²) in [5.41, 5.74) is 2.31. The maximum Gasteiger partial charge on any atom is 0.138 e. The van der Waals surface area contributed by atoms with Gasteiger partial charge in [0, 0.05) is 5.56 Å². The van der Waals surface area contributed by atoms with Crippen molar-refractivity contribution in [1.82, 2.24) is 9.97 Å². The topological polar surface area (TPSA) is 48.9 Å². The number of nitrogens with zero attached hydrogens (tertiary/aromatic N) is 1. The number of phenolic OH excluding ortho intramolecular Hbond substituents is 1. The van der Waals surface area contributed by atoms with E-state index in [2.05, 4.69) is 25.9 Å². The second-order valence-corrected chi connectivity index (χ2v) is 5.70. The summed E-state index contributed by atoms with van der Waals surface area (Å²) >= 11 is 15.2. The van der Waals surface area contributed by atoms with Crippen LogP contribution in [0, 0.1) is 0 Å². The first kappa shape index (κ1) is 12.8. The summed E-state index contributed by atoms with van der Waals surface area (Å²) in [6.07, 6.45) is 0. The molecule has 6 heteroatoms. The summed E-state index contributed by atoms with van der Waals surface area (Å²) in [4.78, 5) is 7.58. The summed E-state index contributed by atoms with van der Waals surface area (Å²) in [6, 6.07) is 8.68. The van der Waals surface area contributed by atoms with E-state index in [4.69, 9.17) is 23.2 Å². The van der Waals surface area contributed by atoms with E-state index in [9.17, 15) is 5.11 Å². The fourth-order valence-corrected chi connectivity index (χ4v) is 2.37. The van der Waals surface area contributed by atoms with Crippen LogP contribution in [0.4, 0.5) is 0 Å². The Bertz CT molecular complexity index is 747. The maximum absolute atomic E-state index is 9.69. The van der Waals surface area contributed by atoms with Gasteiger partial charge in [0.05, 0.1) is 25.6 Å². The predicted octanol–water partition coefficient (Wildman–Crippen LogP) is 5.00. The van der Waals surface area contributed by atoms with Crippen LogP contribution in [0.3, 0.4) is 0 Å². The van der Waals surface area contributed by atoms with Crippen LogP contribution in [-0.4, -0.2) is 15.1 Å². The number of aromatic amines is 1. The molecule has 3 rings (SSSR count). The van der Waals surface area contributed by atoms with Gasteiger partial charge in [-0.25, -0.2) is 4.98 Å². The number of aromatic hydroxyl groups is 1. The van der Waals surface area contributed by atoms with Crippen molar-refractivity contribution in [2.24, 2.45) is 0 Å². The maximum atomic E-state index is 9.69. The molecule has 0 aliphatic carbocycles. The molecule has 0 bridgehead atoms. The van der Waals surface area contributed by atoms with Gasteiger partial charge in [0.15, 0.2) is 0 Å². The van der Waals surface area contributed by atoms with Crippen molar-refractivity contribution < 1.29 is 5.11 Å². The van der Waals surface area contributed by atoms with Gasteiger partial charge in [-0.3, -0.25) is 0 Å². The second-order valence-electron chi connectivity index (χ2n) is 4.04. The Hall–Kier alpha value is -1.23. The van der Waals surface area contributed by atoms with Crippen LogP contribution in [0.2, 0.25) is 10.0 Å². The van der Waals surface area contributed by atoms with Crippen molar-refractivity contribution in [2.75, 3.05) is 0 Å². The first-order chi connectivity index (χ1) is 9.04. The highest BCUT2D eigenvalue weighted by Gasteiger charge is 2.09. The number of nitrogens with one attached hydrogen (secondary N) is 1. The van der Waals surface area contributed by atoms with E-state index in [0.717, 1.165) is 16.6 Å². The van der Waals surface area contributed by atoms with Crippen LogP contribution in [0.15, 0.2) is 34.8 Å². The molecule has 3 nitrogen and oxygen atoms in total.